The number of hydrogen-bond acceptors (Lipinski definition) is 5. The Morgan fingerprint density at radius 1 is 1.07 bits per heavy atom. The minimum atomic E-state index is -0.425. The van der Waals surface area contributed by atoms with Crippen LogP contribution in [0.3, 0.4) is 0 Å². The van der Waals surface area contributed by atoms with E-state index in [0.717, 1.165) is 21.5 Å². The Balaban J connectivity index is 1.56. The molecule has 5 heteroatoms. The SMILES string of the molecule is CCOC(=O)c1oc2ccc(NSc3ccc4ccccc4c3)cc2c1C. The smallest absolute Gasteiger partial charge is 0.374 e. The van der Waals surface area contributed by atoms with E-state index >= 15 is 0 Å². The van der Waals surface area contributed by atoms with E-state index in [-0.39, 0.29) is 5.76 Å². The summed E-state index contributed by atoms with van der Waals surface area (Å²) in [4.78, 5) is 13.1. The van der Waals surface area contributed by atoms with Crippen LogP contribution in [0.25, 0.3) is 21.7 Å². The molecule has 0 saturated heterocycles. The molecule has 0 radical (unpaired) electrons. The number of ether oxygens (including phenoxy) is 1. The van der Waals surface area contributed by atoms with Crippen molar-refractivity contribution in [2.75, 3.05) is 11.3 Å². The summed E-state index contributed by atoms with van der Waals surface area (Å²) in [5.41, 5.74) is 2.42. The molecule has 0 aliphatic heterocycles. The van der Waals surface area contributed by atoms with Crippen LogP contribution in [0.2, 0.25) is 0 Å². The maximum Gasteiger partial charge on any atom is 0.374 e. The molecule has 0 fully saturated rings. The number of rotatable bonds is 5. The summed E-state index contributed by atoms with van der Waals surface area (Å²) in [6.45, 7) is 3.98. The van der Waals surface area contributed by atoms with Crippen LogP contribution in [0.4, 0.5) is 5.69 Å². The van der Waals surface area contributed by atoms with E-state index in [1.807, 2.05) is 37.3 Å². The number of carbonyl (C=O) groups is 1. The molecule has 0 unspecified atom stereocenters. The largest absolute Gasteiger partial charge is 0.460 e. The van der Waals surface area contributed by atoms with Crippen LogP contribution in [0.5, 0.6) is 0 Å². The van der Waals surface area contributed by atoms with E-state index in [0.29, 0.717) is 12.2 Å². The summed E-state index contributed by atoms with van der Waals surface area (Å²) in [5, 5.41) is 3.34. The lowest BCUT2D eigenvalue weighted by Crippen LogP contribution is -2.04. The molecule has 0 amide bonds. The highest BCUT2D eigenvalue weighted by Gasteiger charge is 2.18. The molecule has 0 bridgehead atoms. The van der Waals surface area contributed by atoms with Crippen molar-refractivity contribution in [2.45, 2.75) is 18.7 Å². The second-order valence-electron chi connectivity index (χ2n) is 6.20. The Labute approximate surface area is 161 Å². The zero-order valence-electron chi connectivity index (χ0n) is 15.1. The lowest BCUT2D eigenvalue weighted by atomic mass is 10.1. The highest BCUT2D eigenvalue weighted by Crippen LogP contribution is 2.31. The highest BCUT2D eigenvalue weighted by molar-refractivity contribution is 8.00. The third-order valence-electron chi connectivity index (χ3n) is 4.40. The molecule has 0 saturated carbocycles. The predicted octanol–water partition coefficient (Wildman–Crippen LogP) is 6.19. The summed E-state index contributed by atoms with van der Waals surface area (Å²) in [6.07, 6.45) is 0. The molecule has 4 rings (SSSR count). The van der Waals surface area contributed by atoms with E-state index in [9.17, 15) is 4.79 Å². The number of aryl methyl sites for hydroxylation is 1. The Bertz CT molecular complexity index is 1130. The number of carbonyl (C=O) groups excluding carboxylic acids is 1. The first-order valence-electron chi connectivity index (χ1n) is 8.77. The maximum absolute atomic E-state index is 12.0. The van der Waals surface area contributed by atoms with Crippen molar-refractivity contribution in [2.24, 2.45) is 0 Å². The van der Waals surface area contributed by atoms with Gasteiger partial charge in [-0.25, -0.2) is 4.79 Å². The number of fused-ring (bicyclic) bond motifs is 2. The number of esters is 1. The number of hydrogen-bond donors (Lipinski definition) is 1. The van der Waals surface area contributed by atoms with Crippen molar-refractivity contribution in [3.05, 3.63) is 72.0 Å². The third kappa shape index (κ3) is 3.51. The van der Waals surface area contributed by atoms with Gasteiger partial charge in [-0.2, -0.15) is 0 Å². The zero-order chi connectivity index (χ0) is 18.8. The minimum absolute atomic E-state index is 0.270. The number of benzene rings is 3. The lowest BCUT2D eigenvalue weighted by molar-refractivity contribution is 0.0491. The van der Waals surface area contributed by atoms with Crippen LogP contribution in [0, 0.1) is 6.92 Å². The first-order chi connectivity index (χ1) is 13.2. The first-order valence-corrected chi connectivity index (χ1v) is 9.59. The van der Waals surface area contributed by atoms with Crippen molar-refractivity contribution in [3.8, 4) is 0 Å². The Morgan fingerprint density at radius 3 is 2.70 bits per heavy atom. The van der Waals surface area contributed by atoms with Crippen molar-refractivity contribution < 1.29 is 13.9 Å². The van der Waals surface area contributed by atoms with Crippen molar-refractivity contribution in [1.82, 2.24) is 0 Å². The predicted molar refractivity (Wildman–Crippen MR) is 110 cm³/mol. The molecular formula is C22H19NO3S. The molecule has 1 aromatic heterocycles. The average Bonchev–Trinajstić information content (AvgIpc) is 3.03. The van der Waals surface area contributed by atoms with Gasteiger partial charge in [-0.3, -0.25) is 0 Å². The molecule has 3 aromatic carbocycles. The van der Waals surface area contributed by atoms with Gasteiger partial charge in [0.15, 0.2) is 0 Å². The van der Waals surface area contributed by atoms with Crippen LogP contribution in [0.1, 0.15) is 23.0 Å². The molecule has 1 N–H and O–H groups in total. The van der Waals surface area contributed by atoms with Gasteiger partial charge in [-0.1, -0.05) is 30.3 Å². The molecule has 1 heterocycles. The molecule has 4 nitrogen and oxygen atoms in total. The molecule has 136 valence electrons. The summed E-state index contributed by atoms with van der Waals surface area (Å²) in [5.74, 6) is -0.155. The fourth-order valence-corrected chi connectivity index (χ4v) is 3.71. The van der Waals surface area contributed by atoms with Crippen molar-refractivity contribution >= 4 is 45.3 Å². The summed E-state index contributed by atoms with van der Waals surface area (Å²) in [6, 6.07) is 20.5. The molecule has 0 spiro atoms. The van der Waals surface area contributed by atoms with Crippen molar-refractivity contribution in [3.63, 3.8) is 0 Å². The summed E-state index contributed by atoms with van der Waals surface area (Å²) >= 11 is 1.55. The summed E-state index contributed by atoms with van der Waals surface area (Å²) in [7, 11) is 0. The molecule has 0 aliphatic carbocycles. The average molecular weight is 377 g/mol. The Morgan fingerprint density at radius 2 is 1.89 bits per heavy atom. The van der Waals surface area contributed by atoms with Gasteiger partial charge in [0.25, 0.3) is 0 Å². The summed E-state index contributed by atoms with van der Waals surface area (Å²) < 4.78 is 14.1. The number of furan rings is 1. The van der Waals surface area contributed by atoms with Crippen LogP contribution in [0.15, 0.2) is 70.0 Å². The molecule has 27 heavy (non-hydrogen) atoms. The van der Waals surface area contributed by atoms with Gasteiger partial charge in [0.2, 0.25) is 5.76 Å². The fraction of sp³-hybridized carbons (Fsp3) is 0.136. The Hall–Kier alpha value is -2.92. The molecule has 0 aliphatic rings. The van der Waals surface area contributed by atoms with Gasteiger partial charge in [0.1, 0.15) is 5.58 Å². The quantitative estimate of drug-likeness (QED) is 0.332. The minimum Gasteiger partial charge on any atom is -0.460 e. The maximum atomic E-state index is 12.0. The van der Waals surface area contributed by atoms with E-state index in [4.69, 9.17) is 9.15 Å². The Kier molecular flexibility index (Phi) is 4.77. The van der Waals surface area contributed by atoms with E-state index in [1.165, 1.54) is 10.8 Å². The van der Waals surface area contributed by atoms with Gasteiger partial charge in [-0.05, 0) is 66.9 Å². The first kappa shape index (κ1) is 17.5. The second kappa shape index (κ2) is 7.37. The van der Waals surface area contributed by atoms with Gasteiger partial charge in [0.05, 0.1) is 6.61 Å². The number of anilines is 1. The van der Waals surface area contributed by atoms with Crippen LogP contribution < -0.4 is 4.72 Å². The zero-order valence-corrected chi connectivity index (χ0v) is 15.9. The lowest BCUT2D eigenvalue weighted by Gasteiger charge is -2.07. The number of nitrogens with one attached hydrogen (secondary N) is 1. The van der Waals surface area contributed by atoms with Gasteiger partial charge < -0.3 is 13.9 Å². The van der Waals surface area contributed by atoms with Crippen molar-refractivity contribution in [1.29, 1.82) is 0 Å². The normalized spacial score (nSPS) is 11.0. The third-order valence-corrected chi connectivity index (χ3v) is 5.23. The molecular weight excluding hydrogens is 358 g/mol. The van der Waals surface area contributed by atoms with Gasteiger partial charge in [-0.15, -0.1) is 0 Å². The fourth-order valence-electron chi connectivity index (χ4n) is 3.02. The van der Waals surface area contributed by atoms with E-state index in [1.54, 1.807) is 18.9 Å². The highest BCUT2D eigenvalue weighted by atomic mass is 32.2. The molecule has 0 atom stereocenters. The monoisotopic (exact) mass is 377 g/mol. The van der Waals surface area contributed by atoms with Crippen LogP contribution in [-0.2, 0) is 4.74 Å². The van der Waals surface area contributed by atoms with Gasteiger partial charge in [0, 0.05) is 21.5 Å². The standard InChI is InChI=1S/C22H19NO3S/c1-3-25-22(24)21-14(2)19-13-17(9-11-20(19)26-21)23-27-18-10-8-15-6-4-5-7-16(15)12-18/h4-13,23H,3H2,1-2H3. The molecule has 4 aromatic rings. The van der Waals surface area contributed by atoms with Crippen LogP contribution in [-0.4, -0.2) is 12.6 Å². The topological polar surface area (TPSA) is 51.5 Å². The second-order valence-corrected chi connectivity index (χ2v) is 7.08. The van der Waals surface area contributed by atoms with Gasteiger partial charge >= 0.3 is 5.97 Å². The van der Waals surface area contributed by atoms with E-state index in [2.05, 4.69) is 35.1 Å². The van der Waals surface area contributed by atoms with Crippen LogP contribution >= 0.6 is 11.9 Å². The van der Waals surface area contributed by atoms with E-state index < -0.39 is 5.97 Å².